The van der Waals surface area contributed by atoms with Crippen LogP contribution in [-0.4, -0.2) is 38.2 Å². The molecule has 0 bridgehead atoms. The Hall–Kier alpha value is -2.23. The lowest BCUT2D eigenvalue weighted by Gasteiger charge is -2.17. The molecule has 1 amide bonds. The minimum absolute atomic E-state index is 0.130. The van der Waals surface area contributed by atoms with E-state index in [1.807, 2.05) is 0 Å². The van der Waals surface area contributed by atoms with Crippen LogP contribution in [0.25, 0.3) is 0 Å². The Balaban J connectivity index is 2.30. The highest BCUT2D eigenvalue weighted by molar-refractivity contribution is 7.89. The molecule has 1 aromatic carbocycles. The summed E-state index contributed by atoms with van der Waals surface area (Å²) in [6, 6.07) is 4.15. The number of hydrogen-bond donors (Lipinski definition) is 3. The molecule has 0 radical (unpaired) electrons. The normalized spacial score (nSPS) is 12.8. The molecule has 24 heavy (non-hydrogen) atoms. The number of nitrogens with one attached hydrogen (secondary N) is 3. The van der Waals surface area contributed by atoms with Gasteiger partial charge in [0, 0.05) is 24.5 Å². The minimum atomic E-state index is -3.59. The lowest BCUT2D eigenvalue weighted by atomic mass is 10.1. The molecule has 0 aliphatic heterocycles. The van der Waals surface area contributed by atoms with Crippen molar-refractivity contribution >= 4 is 21.6 Å². The third kappa shape index (κ3) is 3.64. The number of rotatable bonds is 6. The summed E-state index contributed by atoms with van der Waals surface area (Å²) in [4.78, 5) is 12.7. The molecule has 0 aliphatic carbocycles. The van der Waals surface area contributed by atoms with Gasteiger partial charge in [-0.3, -0.25) is 9.48 Å². The zero-order chi connectivity index (χ0) is 17.9. The van der Waals surface area contributed by atoms with Crippen molar-refractivity contribution in [2.45, 2.75) is 17.9 Å². The van der Waals surface area contributed by atoms with E-state index in [4.69, 9.17) is 0 Å². The van der Waals surface area contributed by atoms with Crippen molar-refractivity contribution in [3.63, 3.8) is 0 Å². The van der Waals surface area contributed by atoms with Gasteiger partial charge in [0.05, 0.1) is 11.1 Å². The van der Waals surface area contributed by atoms with Gasteiger partial charge in [-0.2, -0.15) is 5.10 Å². The molecule has 130 valence electrons. The average molecular weight is 351 g/mol. The highest BCUT2D eigenvalue weighted by atomic mass is 32.2. The molecule has 1 unspecified atom stereocenters. The van der Waals surface area contributed by atoms with Crippen molar-refractivity contribution in [1.82, 2.24) is 19.8 Å². The van der Waals surface area contributed by atoms with Gasteiger partial charge < -0.3 is 10.6 Å². The quantitative estimate of drug-likeness (QED) is 0.704. The van der Waals surface area contributed by atoms with Crippen LogP contribution in [0.3, 0.4) is 0 Å². The van der Waals surface area contributed by atoms with E-state index < -0.39 is 16.1 Å². The molecule has 1 atom stereocenters. The van der Waals surface area contributed by atoms with E-state index in [-0.39, 0.29) is 10.8 Å². The van der Waals surface area contributed by atoms with Gasteiger partial charge in [0.2, 0.25) is 15.9 Å². The van der Waals surface area contributed by atoms with E-state index in [0.29, 0.717) is 16.8 Å². The fourth-order valence-electron chi connectivity index (χ4n) is 2.39. The molecular formula is C15H21N5O3S. The molecule has 1 aromatic heterocycles. The third-order valence-corrected chi connectivity index (χ3v) is 5.27. The van der Waals surface area contributed by atoms with Crippen LogP contribution in [0.1, 0.15) is 17.2 Å². The van der Waals surface area contributed by atoms with Crippen LogP contribution < -0.4 is 15.4 Å². The number of amides is 1. The van der Waals surface area contributed by atoms with Gasteiger partial charge in [0.15, 0.2) is 0 Å². The van der Waals surface area contributed by atoms with Gasteiger partial charge in [-0.15, -0.1) is 0 Å². The second kappa shape index (κ2) is 7.12. The van der Waals surface area contributed by atoms with Crippen LogP contribution in [-0.2, 0) is 21.9 Å². The highest BCUT2D eigenvalue weighted by Gasteiger charge is 2.22. The van der Waals surface area contributed by atoms with E-state index in [1.54, 1.807) is 50.2 Å². The fourth-order valence-corrected chi connectivity index (χ4v) is 3.38. The van der Waals surface area contributed by atoms with Crippen molar-refractivity contribution in [1.29, 1.82) is 0 Å². The summed E-state index contributed by atoms with van der Waals surface area (Å²) in [5.74, 6) is -0.299. The number of carbonyl (C=O) groups is 1. The van der Waals surface area contributed by atoms with Crippen molar-refractivity contribution in [3.8, 4) is 0 Å². The molecule has 8 nitrogen and oxygen atoms in total. The number of nitrogens with zero attached hydrogens (tertiary/aromatic N) is 2. The molecule has 0 fully saturated rings. The lowest BCUT2D eigenvalue weighted by molar-refractivity contribution is -0.118. The van der Waals surface area contributed by atoms with Crippen molar-refractivity contribution in [3.05, 3.63) is 41.7 Å². The van der Waals surface area contributed by atoms with Crippen LogP contribution in [0.5, 0.6) is 0 Å². The summed E-state index contributed by atoms with van der Waals surface area (Å²) in [5, 5.41) is 9.77. The number of hydrogen-bond acceptors (Lipinski definition) is 5. The Bertz CT molecular complexity index is 845. The molecule has 9 heteroatoms. The Morgan fingerprint density at radius 3 is 2.54 bits per heavy atom. The van der Waals surface area contributed by atoms with Crippen molar-refractivity contribution < 1.29 is 13.2 Å². The van der Waals surface area contributed by atoms with Gasteiger partial charge in [-0.1, -0.05) is 6.07 Å². The third-order valence-electron chi connectivity index (χ3n) is 3.71. The summed E-state index contributed by atoms with van der Waals surface area (Å²) in [6.07, 6.45) is 3.35. The Kier molecular flexibility index (Phi) is 5.37. The SMILES string of the molecule is CNC(C(=O)Nc1cccc(S(=O)(=O)NC)c1C)c1cnn(C)c1. The second-order valence-corrected chi connectivity index (χ2v) is 7.15. The van der Waals surface area contributed by atoms with E-state index in [2.05, 4.69) is 20.5 Å². The monoisotopic (exact) mass is 351 g/mol. The van der Waals surface area contributed by atoms with Crippen LogP contribution in [0.15, 0.2) is 35.5 Å². The number of carbonyl (C=O) groups excluding carboxylic acids is 1. The molecule has 3 N–H and O–H groups in total. The summed E-state index contributed by atoms with van der Waals surface area (Å²) >= 11 is 0. The summed E-state index contributed by atoms with van der Waals surface area (Å²) in [6.45, 7) is 1.65. The number of benzene rings is 1. The van der Waals surface area contributed by atoms with Gasteiger partial charge in [-0.25, -0.2) is 13.1 Å². The van der Waals surface area contributed by atoms with Crippen LogP contribution in [0, 0.1) is 6.92 Å². The zero-order valence-electron chi connectivity index (χ0n) is 14.0. The molecule has 2 rings (SSSR count). The van der Waals surface area contributed by atoms with Crippen molar-refractivity contribution in [2.75, 3.05) is 19.4 Å². The second-order valence-electron chi connectivity index (χ2n) is 5.29. The lowest BCUT2D eigenvalue weighted by Crippen LogP contribution is -2.31. The Morgan fingerprint density at radius 1 is 1.29 bits per heavy atom. The molecule has 1 heterocycles. The van der Waals surface area contributed by atoms with Gasteiger partial charge in [0.1, 0.15) is 6.04 Å². The maximum atomic E-state index is 12.6. The zero-order valence-corrected chi connectivity index (χ0v) is 14.8. The van der Waals surface area contributed by atoms with Crippen LogP contribution in [0.2, 0.25) is 0 Å². The standard InChI is InChI=1S/C15H21N5O3S/c1-10-12(6-5-7-13(10)24(22,23)17-3)19-15(21)14(16-2)11-8-18-20(4)9-11/h5-9,14,16-17H,1-4H3,(H,19,21). The minimum Gasteiger partial charge on any atom is -0.324 e. The predicted octanol–water partition coefficient (Wildman–Crippen LogP) is 0.536. The Labute approximate surface area is 141 Å². The fraction of sp³-hybridized carbons (Fsp3) is 0.333. The van der Waals surface area contributed by atoms with Crippen LogP contribution in [0.4, 0.5) is 5.69 Å². The number of anilines is 1. The van der Waals surface area contributed by atoms with Crippen LogP contribution >= 0.6 is 0 Å². The molecule has 0 spiro atoms. The first kappa shape index (κ1) is 18.1. The number of aromatic nitrogens is 2. The molecule has 2 aromatic rings. The number of aryl methyl sites for hydroxylation is 1. The van der Waals surface area contributed by atoms with E-state index >= 15 is 0 Å². The molecule has 0 saturated heterocycles. The van der Waals surface area contributed by atoms with E-state index in [1.165, 1.54) is 13.1 Å². The first-order valence-corrected chi connectivity index (χ1v) is 8.78. The summed E-state index contributed by atoms with van der Waals surface area (Å²) < 4.78 is 27.9. The predicted molar refractivity (Wildman–Crippen MR) is 91.1 cm³/mol. The number of likely N-dealkylation sites (N-methyl/N-ethyl adjacent to an activating group) is 1. The maximum Gasteiger partial charge on any atom is 0.246 e. The summed E-state index contributed by atoms with van der Waals surface area (Å²) in [5.41, 5.74) is 1.64. The van der Waals surface area contributed by atoms with E-state index in [9.17, 15) is 13.2 Å². The molecule has 0 aliphatic rings. The smallest absolute Gasteiger partial charge is 0.246 e. The van der Waals surface area contributed by atoms with Crippen molar-refractivity contribution in [2.24, 2.45) is 7.05 Å². The molecular weight excluding hydrogens is 330 g/mol. The first-order valence-electron chi connectivity index (χ1n) is 7.30. The van der Waals surface area contributed by atoms with Gasteiger partial charge in [-0.05, 0) is 38.7 Å². The Morgan fingerprint density at radius 2 is 2.00 bits per heavy atom. The topological polar surface area (TPSA) is 105 Å². The molecule has 0 saturated carbocycles. The van der Waals surface area contributed by atoms with E-state index in [0.717, 1.165) is 0 Å². The summed E-state index contributed by atoms with van der Waals surface area (Å²) in [7, 11) is 1.20. The maximum absolute atomic E-state index is 12.6. The number of sulfonamides is 1. The highest BCUT2D eigenvalue weighted by Crippen LogP contribution is 2.24. The largest absolute Gasteiger partial charge is 0.324 e. The van der Waals surface area contributed by atoms with Gasteiger partial charge in [0.25, 0.3) is 0 Å². The van der Waals surface area contributed by atoms with Gasteiger partial charge >= 0.3 is 0 Å². The first-order chi connectivity index (χ1) is 11.3. The average Bonchev–Trinajstić information content (AvgIpc) is 2.96.